The van der Waals surface area contributed by atoms with E-state index in [1.807, 2.05) is 30.3 Å². The van der Waals surface area contributed by atoms with Crippen molar-refractivity contribution in [1.29, 1.82) is 0 Å². The number of hydrogen-bond acceptors (Lipinski definition) is 5. The van der Waals surface area contributed by atoms with Crippen molar-refractivity contribution in [3.05, 3.63) is 54.1 Å². The maximum absolute atomic E-state index is 11.1. The molecule has 0 aliphatic carbocycles. The summed E-state index contributed by atoms with van der Waals surface area (Å²) in [6.07, 6.45) is 0.443. The third kappa shape index (κ3) is 5.45. The number of carbonyl (C=O) groups is 1. The van der Waals surface area contributed by atoms with Crippen LogP contribution >= 0.6 is 12.2 Å². The minimum atomic E-state index is -1.08. The highest BCUT2D eigenvalue weighted by Crippen LogP contribution is 2.31. The second-order valence-electron chi connectivity index (χ2n) is 5.17. The molecule has 0 aliphatic heterocycles. The summed E-state index contributed by atoms with van der Waals surface area (Å²) >= 11 is 5.17. The van der Waals surface area contributed by atoms with Gasteiger partial charge in [0.2, 0.25) is 0 Å². The number of para-hydroxylation sites is 2. The minimum absolute atomic E-state index is 0.289. The molecule has 7 nitrogen and oxygen atoms in total. The molecule has 0 aliphatic rings. The van der Waals surface area contributed by atoms with Crippen LogP contribution in [0.1, 0.15) is 12.5 Å². The predicted octanol–water partition coefficient (Wildman–Crippen LogP) is 2.87. The number of nitrogens with one attached hydrogen (secondary N) is 2. The normalized spacial score (nSPS) is 11.6. The van der Waals surface area contributed by atoms with E-state index in [1.165, 1.54) is 20.2 Å². The smallest absolute Gasteiger partial charge is 0.344 e. The van der Waals surface area contributed by atoms with Crippen LogP contribution in [0.15, 0.2) is 53.6 Å². The largest absolute Gasteiger partial charge is 0.493 e. The Morgan fingerprint density at radius 3 is 2.62 bits per heavy atom. The fourth-order valence-corrected chi connectivity index (χ4v) is 2.16. The van der Waals surface area contributed by atoms with Crippen LogP contribution in [0.4, 0.5) is 5.69 Å². The van der Waals surface area contributed by atoms with Crippen LogP contribution in [-0.2, 0) is 4.79 Å². The highest BCUT2D eigenvalue weighted by molar-refractivity contribution is 7.80. The van der Waals surface area contributed by atoms with Gasteiger partial charge < -0.3 is 19.9 Å². The lowest BCUT2D eigenvalue weighted by Gasteiger charge is -2.15. The first kappa shape index (κ1) is 19.2. The van der Waals surface area contributed by atoms with Gasteiger partial charge in [0.05, 0.1) is 13.3 Å². The first-order valence-corrected chi connectivity index (χ1v) is 8.13. The lowest BCUT2D eigenvalue weighted by molar-refractivity contribution is -0.144. The summed E-state index contributed by atoms with van der Waals surface area (Å²) in [4.78, 5) is 11.1. The monoisotopic (exact) mass is 373 g/mol. The Morgan fingerprint density at radius 1 is 1.23 bits per heavy atom. The Kier molecular flexibility index (Phi) is 6.92. The molecule has 2 rings (SSSR count). The average Bonchev–Trinajstić information content (AvgIpc) is 2.63. The molecule has 0 bridgehead atoms. The molecule has 1 atom stereocenters. The summed E-state index contributed by atoms with van der Waals surface area (Å²) in [5.74, 6) is -0.380. The maximum atomic E-state index is 11.1. The van der Waals surface area contributed by atoms with Gasteiger partial charge in [0.1, 0.15) is 0 Å². The second-order valence-corrected chi connectivity index (χ2v) is 5.58. The summed E-state index contributed by atoms with van der Waals surface area (Å²) in [5, 5.41) is 16.4. The minimum Gasteiger partial charge on any atom is -0.493 e. The molecule has 2 aromatic carbocycles. The number of nitrogens with zero attached hydrogens (tertiary/aromatic N) is 1. The predicted molar refractivity (Wildman–Crippen MR) is 104 cm³/mol. The molecule has 26 heavy (non-hydrogen) atoms. The quantitative estimate of drug-likeness (QED) is 0.390. The highest BCUT2D eigenvalue weighted by atomic mass is 32.1. The van der Waals surface area contributed by atoms with Crippen molar-refractivity contribution in [2.75, 3.05) is 12.4 Å². The molecule has 2 aromatic rings. The fourth-order valence-electron chi connectivity index (χ4n) is 1.99. The molecule has 136 valence electrons. The number of rotatable bonds is 7. The Bertz CT molecular complexity index is 796. The van der Waals surface area contributed by atoms with Crippen molar-refractivity contribution < 1.29 is 19.4 Å². The lowest BCUT2D eigenvalue weighted by Crippen LogP contribution is -2.24. The fraction of sp³-hybridized carbons (Fsp3) is 0.167. The standard InChI is InChI=1S/C18H19N3O4S/c1-12(17(22)23)25-16-13(7-6-10-15(16)24-2)11-19-21-18(26)20-14-8-4-3-5-9-14/h3-12H,1-2H3,(H,22,23)(H2,20,21,26)/b19-11+/t12-/m1/s1. The van der Waals surface area contributed by atoms with Crippen LogP contribution in [0.2, 0.25) is 0 Å². The van der Waals surface area contributed by atoms with Crippen molar-refractivity contribution in [3.63, 3.8) is 0 Å². The van der Waals surface area contributed by atoms with Crippen molar-refractivity contribution in [2.45, 2.75) is 13.0 Å². The van der Waals surface area contributed by atoms with E-state index in [9.17, 15) is 4.79 Å². The summed E-state index contributed by atoms with van der Waals surface area (Å²) < 4.78 is 10.7. The molecule has 0 unspecified atom stereocenters. The summed E-state index contributed by atoms with van der Waals surface area (Å²) in [6.45, 7) is 1.44. The van der Waals surface area contributed by atoms with Crippen LogP contribution in [-0.4, -0.2) is 35.6 Å². The number of hydrazone groups is 1. The third-order valence-corrected chi connectivity index (χ3v) is 3.47. The van der Waals surface area contributed by atoms with E-state index in [0.717, 1.165) is 5.69 Å². The molecule has 0 radical (unpaired) electrons. The first-order chi connectivity index (χ1) is 12.5. The number of aliphatic carboxylic acids is 1. The zero-order valence-electron chi connectivity index (χ0n) is 14.3. The maximum Gasteiger partial charge on any atom is 0.344 e. The molecular formula is C18H19N3O4S. The van der Waals surface area contributed by atoms with Gasteiger partial charge in [-0.15, -0.1) is 0 Å². The lowest BCUT2D eigenvalue weighted by atomic mass is 10.2. The summed E-state index contributed by atoms with van der Waals surface area (Å²) in [5.41, 5.74) is 4.08. The van der Waals surface area contributed by atoms with Gasteiger partial charge in [0.15, 0.2) is 22.7 Å². The van der Waals surface area contributed by atoms with Gasteiger partial charge in [0.25, 0.3) is 0 Å². The Hall–Kier alpha value is -3.13. The number of carboxylic acids is 1. The van der Waals surface area contributed by atoms with Crippen LogP contribution in [0.5, 0.6) is 11.5 Å². The molecule has 0 spiro atoms. The van der Waals surface area contributed by atoms with Crippen molar-refractivity contribution >= 4 is 35.2 Å². The Labute approximate surface area is 156 Å². The van der Waals surface area contributed by atoms with Crippen LogP contribution in [0.25, 0.3) is 0 Å². The summed E-state index contributed by atoms with van der Waals surface area (Å²) in [6, 6.07) is 14.6. The van der Waals surface area contributed by atoms with Crippen molar-refractivity contribution in [3.8, 4) is 11.5 Å². The molecule has 0 saturated heterocycles. The molecule has 8 heteroatoms. The van der Waals surface area contributed by atoms with Gasteiger partial charge in [-0.3, -0.25) is 5.43 Å². The number of methoxy groups -OCH3 is 1. The number of ether oxygens (including phenoxy) is 2. The van der Waals surface area contributed by atoms with Crippen LogP contribution < -0.4 is 20.2 Å². The molecule has 0 amide bonds. The van der Waals surface area contributed by atoms with Crippen LogP contribution in [0.3, 0.4) is 0 Å². The van der Waals surface area contributed by atoms with Gasteiger partial charge in [-0.05, 0) is 43.4 Å². The second kappa shape index (κ2) is 9.38. The summed E-state index contributed by atoms with van der Waals surface area (Å²) in [7, 11) is 1.48. The Balaban J connectivity index is 2.09. The van der Waals surface area contributed by atoms with E-state index in [-0.39, 0.29) is 5.75 Å². The molecule has 0 fully saturated rings. The molecular weight excluding hydrogens is 354 g/mol. The number of carboxylic acid groups (broad SMARTS) is 1. The number of anilines is 1. The molecule has 0 aromatic heterocycles. The zero-order chi connectivity index (χ0) is 18.9. The highest BCUT2D eigenvalue weighted by Gasteiger charge is 2.17. The van der Waals surface area contributed by atoms with Crippen molar-refractivity contribution in [1.82, 2.24) is 5.43 Å². The third-order valence-electron chi connectivity index (χ3n) is 3.27. The average molecular weight is 373 g/mol. The van der Waals surface area contributed by atoms with Crippen molar-refractivity contribution in [2.24, 2.45) is 5.10 Å². The molecule has 3 N–H and O–H groups in total. The molecule has 0 saturated carbocycles. The van der Waals surface area contributed by atoms with E-state index in [4.69, 9.17) is 26.8 Å². The van der Waals surface area contributed by atoms with E-state index in [2.05, 4.69) is 15.8 Å². The first-order valence-electron chi connectivity index (χ1n) is 7.73. The van der Waals surface area contributed by atoms with E-state index >= 15 is 0 Å². The van der Waals surface area contributed by atoms with E-state index in [1.54, 1.807) is 18.2 Å². The Morgan fingerprint density at radius 2 is 1.96 bits per heavy atom. The number of hydrogen-bond donors (Lipinski definition) is 3. The zero-order valence-corrected chi connectivity index (χ0v) is 15.1. The topological polar surface area (TPSA) is 92.2 Å². The van der Waals surface area contributed by atoms with Gasteiger partial charge in [-0.1, -0.05) is 24.3 Å². The van der Waals surface area contributed by atoms with Crippen LogP contribution in [0, 0.1) is 0 Å². The SMILES string of the molecule is COc1cccc(/C=N/NC(=S)Nc2ccccc2)c1O[C@H](C)C(=O)O. The van der Waals surface area contributed by atoms with Gasteiger partial charge in [-0.25, -0.2) is 4.79 Å². The van der Waals surface area contributed by atoms with E-state index < -0.39 is 12.1 Å². The van der Waals surface area contributed by atoms with Gasteiger partial charge in [0, 0.05) is 11.3 Å². The van der Waals surface area contributed by atoms with Gasteiger partial charge >= 0.3 is 5.97 Å². The van der Waals surface area contributed by atoms with Gasteiger partial charge in [-0.2, -0.15) is 5.10 Å². The number of thiocarbonyl (C=S) groups is 1. The van der Waals surface area contributed by atoms with E-state index in [0.29, 0.717) is 16.4 Å². The molecule has 0 heterocycles. The number of benzene rings is 2.